The smallest absolute Gasteiger partial charge is 0.205 e. The molecule has 0 fully saturated rings. The fraction of sp³-hybridized carbons (Fsp3) is 0.111. The molecule has 1 aromatic heterocycles. The lowest BCUT2D eigenvalue weighted by Crippen LogP contribution is -2.14. The van der Waals surface area contributed by atoms with E-state index in [9.17, 15) is 5.11 Å². The van der Waals surface area contributed by atoms with Gasteiger partial charge >= 0.3 is 0 Å². The zero-order chi connectivity index (χ0) is 17.1. The predicted octanol–water partition coefficient (Wildman–Crippen LogP) is 4.49. The summed E-state index contributed by atoms with van der Waals surface area (Å²) in [7, 11) is 1.75. The van der Waals surface area contributed by atoms with Gasteiger partial charge in [-0.15, -0.1) is 11.3 Å². The SMILES string of the molecule is CN=c1scc(-c2ccccc2Br)n1N=C(C)c1ccccc1O. The lowest BCUT2D eigenvalue weighted by Gasteiger charge is -2.08. The summed E-state index contributed by atoms with van der Waals surface area (Å²) in [5.41, 5.74) is 3.41. The molecule has 4 nitrogen and oxygen atoms in total. The van der Waals surface area contributed by atoms with Crippen LogP contribution in [-0.4, -0.2) is 22.5 Å². The van der Waals surface area contributed by atoms with Crippen LogP contribution in [0.3, 0.4) is 0 Å². The van der Waals surface area contributed by atoms with Crippen molar-refractivity contribution in [3.8, 4) is 17.0 Å². The maximum atomic E-state index is 10.0. The quantitative estimate of drug-likeness (QED) is 0.645. The van der Waals surface area contributed by atoms with E-state index in [2.05, 4.69) is 20.9 Å². The number of hydrogen-bond acceptors (Lipinski definition) is 4. The van der Waals surface area contributed by atoms with E-state index in [-0.39, 0.29) is 5.75 Å². The van der Waals surface area contributed by atoms with Gasteiger partial charge in [-0.1, -0.05) is 46.3 Å². The Kier molecular flexibility index (Phi) is 4.97. The molecule has 3 aromatic rings. The van der Waals surface area contributed by atoms with Crippen LogP contribution in [0, 0.1) is 0 Å². The maximum absolute atomic E-state index is 10.0. The molecule has 0 bridgehead atoms. The van der Waals surface area contributed by atoms with Crippen LogP contribution in [0.4, 0.5) is 0 Å². The second kappa shape index (κ2) is 7.15. The van der Waals surface area contributed by atoms with Gasteiger partial charge in [0, 0.05) is 28.0 Å². The van der Waals surface area contributed by atoms with Crippen LogP contribution in [0.1, 0.15) is 12.5 Å². The minimum absolute atomic E-state index is 0.215. The van der Waals surface area contributed by atoms with Crippen LogP contribution in [0.2, 0.25) is 0 Å². The molecule has 1 N–H and O–H groups in total. The van der Waals surface area contributed by atoms with E-state index < -0.39 is 0 Å². The first kappa shape index (κ1) is 16.7. The van der Waals surface area contributed by atoms with Crippen LogP contribution in [0.25, 0.3) is 11.3 Å². The highest BCUT2D eigenvalue weighted by atomic mass is 79.9. The van der Waals surface area contributed by atoms with E-state index in [0.717, 1.165) is 26.2 Å². The molecule has 0 amide bonds. The number of thiazole rings is 1. The molecule has 1 heterocycles. The number of hydrogen-bond donors (Lipinski definition) is 1. The third-order valence-corrected chi connectivity index (χ3v) is 5.17. The van der Waals surface area contributed by atoms with Gasteiger partial charge in [0.05, 0.1) is 11.4 Å². The van der Waals surface area contributed by atoms with E-state index in [1.54, 1.807) is 19.2 Å². The number of phenolic OH excluding ortho intramolecular Hbond substituents is 1. The van der Waals surface area contributed by atoms with E-state index in [4.69, 9.17) is 5.10 Å². The molecule has 0 aliphatic rings. The number of phenols is 1. The normalized spacial score (nSPS) is 12.6. The molecule has 0 unspecified atom stereocenters. The summed E-state index contributed by atoms with van der Waals surface area (Å²) in [6, 6.07) is 15.2. The predicted molar refractivity (Wildman–Crippen MR) is 103 cm³/mol. The highest BCUT2D eigenvalue weighted by Gasteiger charge is 2.11. The van der Waals surface area contributed by atoms with Crippen LogP contribution in [0.5, 0.6) is 5.75 Å². The number of nitrogens with zero attached hydrogens (tertiary/aromatic N) is 3. The average molecular weight is 402 g/mol. The second-order valence-electron chi connectivity index (χ2n) is 5.12. The standard InChI is InChI=1S/C18H16BrN3OS/c1-12(13-7-4-6-10-17(13)23)21-22-16(11-24-18(22)20-2)14-8-3-5-9-15(14)19/h3-11,23H,1-2H3. The van der Waals surface area contributed by atoms with Gasteiger partial charge in [-0.2, -0.15) is 5.10 Å². The molecule has 6 heteroatoms. The number of benzene rings is 2. The lowest BCUT2D eigenvalue weighted by molar-refractivity contribution is 0.474. The summed E-state index contributed by atoms with van der Waals surface area (Å²) in [4.78, 5) is 5.10. The fourth-order valence-electron chi connectivity index (χ4n) is 2.39. The monoisotopic (exact) mass is 401 g/mol. The van der Waals surface area contributed by atoms with Gasteiger partial charge in [-0.3, -0.25) is 4.99 Å². The fourth-order valence-corrected chi connectivity index (χ4v) is 3.66. The number of rotatable bonds is 3. The summed E-state index contributed by atoms with van der Waals surface area (Å²) in [5, 5.41) is 16.8. The Bertz CT molecular complexity index is 972. The zero-order valence-electron chi connectivity index (χ0n) is 13.3. The molecule has 0 aliphatic heterocycles. The van der Waals surface area contributed by atoms with Crippen molar-refractivity contribution >= 4 is 33.0 Å². The number of halogens is 1. The van der Waals surface area contributed by atoms with Gasteiger partial charge in [-0.05, 0) is 25.1 Å². The lowest BCUT2D eigenvalue weighted by atomic mass is 10.1. The highest BCUT2D eigenvalue weighted by Crippen LogP contribution is 2.28. The summed E-state index contributed by atoms with van der Waals surface area (Å²) >= 11 is 5.12. The van der Waals surface area contributed by atoms with Gasteiger partial charge in [0.25, 0.3) is 0 Å². The molecule has 0 aliphatic carbocycles. The largest absolute Gasteiger partial charge is 0.507 e. The molecule has 0 saturated carbocycles. The number of para-hydroxylation sites is 1. The summed E-state index contributed by atoms with van der Waals surface area (Å²) < 4.78 is 2.81. The molecule has 3 rings (SSSR count). The molecule has 0 atom stereocenters. The van der Waals surface area contributed by atoms with Gasteiger partial charge in [0.15, 0.2) is 0 Å². The van der Waals surface area contributed by atoms with Gasteiger partial charge in [-0.25, -0.2) is 4.68 Å². The molecule has 122 valence electrons. The van der Waals surface area contributed by atoms with Gasteiger partial charge < -0.3 is 5.11 Å². The number of aromatic hydroxyl groups is 1. The van der Waals surface area contributed by atoms with E-state index in [0.29, 0.717) is 5.56 Å². The molecule has 0 spiro atoms. The molecule has 2 aromatic carbocycles. The van der Waals surface area contributed by atoms with Crippen molar-refractivity contribution in [3.05, 3.63) is 68.7 Å². The minimum Gasteiger partial charge on any atom is -0.507 e. The zero-order valence-corrected chi connectivity index (χ0v) is 15.7. The van der Waals surface area contributed by atoms with E-state index in [1.165, 1.54) is 11.3 Å². The summed E-state index contributed by atoms with van der Waals surface area (Å²) in [6.45, 7) is 1.88. The molecule has 0 radical (unpaired) electrons. The molecule has 24 heavy (non-hydrogen) atoms. The topological polar surface area (TPSA) is 49.9 Å². The highest BCUT2D eigenvalue weighted by molar-refractivity contribution is 9.10. The first-order valence-electron chi connectivity index (χ1n) is 7.34. The van der Waals surface area contributed by atoms with Crippen LogP contribution >= 0.6 is 27.3 Å². The third kappa shape index (κ3) is 3.20. The number of aromatic nitrogens is 1. The Morgan fingerprint density at radius 3 is 2.54 bits per heavy atom. The second-order valence-corrected chi connectivity index (χ2v) is 6.81. The van der Waals surface area contributed by atoms with Crippen molar-refractivity contribution in [2.75, 3.05) is 7.05 Å². The summed E-state index contributed by atoms with van der Waals surface area (Å²) in [5.74, 6) is 0.215. The van der Waals surface area contributed by atoms with Crippen molar-refractivity contribution in [1.29, 1.82) is 0 Å². The first-order valence-corrected chi connectivity index (χ1v) is 9.01. The first-order chi connectivity index (χ1) is 11.6. The van der Waals surface area contributed by atoms with Crippen molar-refractivity contribution in [3.63, 3.8) is 0 Å². The van der Waals surface area contributed by atoms with Gasteiger partial charge in [0.1, 0.15) is 5.75 Å². The average Bonchev–Trinajstić information content (AvgIpc) is 2.98. The summed E-state index contributed by atoms with van der Waals surface area (Å²) in [6.07, 6.45) is 0. The Morgan fingerprint density at radius 2 is 1.83 bits per heavy atom. The Labute approximate surface area is 152 Å². The molecular formula is C18H16BrN3OS. The molecular weight excluding hydrogens is 386 g/mol. The third-order valence-electron chi connectivity index (χ3n) is 3.57. The van der Waals surface area contributed by atoms with Crippen LogP contribution < -0.4 is 4.80 Å². The van der Waals surface area contributed by atoms with Crippen molar-refractivity contribution in [1.82, 2.24) is 4.68 Å². The maximum Gasteiger partial charge on any atom is 0.205 e. The van der Waals surface area contributed by atoms with Crippen molar-refractivity contribution < 1.29 is 5.11 Å². The van der Waals surface area contributed by atoms with Crippen molar-refractivity contribution in [2.45, 2.75) is 6.92 Å². The van der Waals surface area contributed by atoms with E-state index >= 15 is 0 Å². The van der Waals surface area contributed by atoms with Crippen LogP contribution in [-0.2, 0) is 0 Å². The van der Waals surface area contributed by atoms with Crippen LogP contribution in [0.15, 0.2) is 68.5 Å². The Morgan fingerprint density at radius 1 is 1.12 bits per heavy atom. The van der Waals surface area contributed by atoms with Gasteiger partial charge in [0.2, 0.25) is 4.80 Å². The van der Waals surface area contributed by atoms with E-state index in [1.807, 2.05) is 53.4 Å². The molecule has 0 saturated heterocycles. The Hall–Kier alpha value is -2.18. The minimum atomic E-state index is 0.215. The Balaban J connectivity index is 2.18. The van der Waals surface area contributed by atoms with Crippen molar-refractivity contribution in [2.24, 2.45) is 10.1 Å².